The maximum absolute atomic E-state index is 13.3. The third-order valence-corrected chi connectivity index (χ3v) is 5.99. The summed E-state index contributed by atoms with van der Waals surface area (Å²) >= 11 is 1.46. The molecule has 2 aromatic rings. The molecular formula is C21H25BN2O3S. The van der Waals surface area contributed by atoms with Crippen molar-refractivity contribution in [2.24, 2.45) is 0 Å². The second-order valence-electron chi connectivity index (χ2n) is 6.93. The molecule has 0 aliphatic heterocycles. The van der Waals surface area contributed by atoms with Gasteiger partial charge in [0.2, 0.25) is 11.8 Å². The average molecular weight is 396 g/mol. The highest BCUT2D eigenvalue weighted by Gasteiger charge is 2.33. The summed E-state index contributed by atoms with van der Waals surface area (Å²) in [6, 6.07) is 10.3. The fourth-order valence-corrected chi connectivity index (χ4v) is 4.44. The first-order chi connectivity index (χ1) is 13.6. The summed E-state index contributed by atoms with van der Waals surface area (Å²) in [5.74, 6) is 0.220. The van der Waals surface area contributed by atoms with Crippen LogP contribution in [0.1, 0.15) is 43.0 Å². The minimum atomic E-state index is -0.744. The van der Waals surface area contributed by atoms with Crippen molar-refractivity contribution in [3.8, 4) is 5.75 Å². The zero-order valence-corrected chi connectivity index (χ0v) is 16.9. The van der Waals surface area contributed by atoms with Gasteiger partial charge in [-0.3, -0.25) is 14.5 Å². The highest BCUT2D eigenvalue weighted by atomic mass is 32.1. The first kappa shape index (κ1) is 20.5. The largest absolute Gasteiger partial charge is 0.497 e. The Hall–Kier alpha value is -2.28. The van der Waals surface area contributed by atoms with Crippen molar-refractivity contribution in [1.82, 2.24) is 5.32 Å². The molecule has 28 heavy (non-hydrogen) atoms. The van der Waals surface area contributed by atoms with Crippen molar-refractivity contribution in [2.45, 2.75) is 50.5 Å². The van der Waals surface area contributed by atoms with Gasteiger partial charge in [0.05, 0.1) is 15.0 Å². The van der Waals surface area contributed by atoms with Crippen molar-refractivity contribution in [3.05, 3.63) is 46.7 Å². The summed E-state index contributed by atoms with van der Waals surface area (Å²) in [4.78, 5) is 28.4. The molecule has 1 aliphatic carbocycles. The molecule has 0 saturated heterocycles. The van der Waals surface area contributed by atoms with Gasteiger partial charge in [-0.15, -0.1) is 11.3 Å². The fourth-order valence-electron chi connectivity index (χ4n) is 3.63. The lowest BCUT2D eigenvalue weighted by Crippen LogP contribution is -2.47. The molecule has 2 amide bonds. The monoisotopic (exact) mass is 396 g/mol. The summed E-state index contributed by atoms with van der Waals surface area (Å²) in [6.07, 6.45) is 5.25. The summed E-state index contributed by atoms with van der Waals surface area (Å²) in [6.45, 7) is 0. The normalized spacial score (nSPS) is 15.6. The van der Waals surface area contributed by atoms with Crippen LogP contribution in [0, 0.1) is 0 Å². The minimum absolute atomic E-state index is 0.160. The first-order valence-electron chi connectivity index (χ1n) is 9.64. The molecule has 0 spiro atoms. The van der Waals surface area contributed by atoms with E-state index in [4.69, 9.17) is 12.6 Å². The van der Waals surface area contributed by atoms with Crippen LogP contribution in [0.5, 0.6) is 5.75 Å². The zero-order chi connectivity index (χ0) is 19.9. The first-order valence-corrected chi connectivity index (χ1v) is 10.5. The third kappa shape index (κ3) is 4.76. The smallest absolute Gasteiger partial charge is 0.248 e. The Morgan fingerprint density at radius 2 is 1.93 bits per heavy atom. The van der Waals surface area contributed by atoms with E-state index in [0.717, 1.165) is 30.6 Å². The summed E-state index contributed by atoms with van der Waals surface area (Å²) in [7, 11) is 7.28. The number of amides is 2. The lowest BCUT2D eigenvalue weighted by molar-refractivity contribution is -0.126. The number of methoxy groups -OCH3 is 1. The van der Waals surface area contributed by atoms with Crippen LogP contribution < -0.4 is 15.0 Å². The molecule has 146 valence electrons. The number of hydrogen-bond donors (Lipinski definition) is 1. The Morgan fingerprint density at radius 3 is 2.50 bits per heavy atom. The predicted octanol–water partition coefficient (Wildman–Crippen LogP) is 3.87. The van der Waals surface area contributed by atoms with Crippen LogP contribution >= 0.6 is 11.3 Å². The number of carbonyl (C=O) groups is 2. The van der Waals surface area contributed by atoms with Crippen LogP contribution in [0.15, 0.2) is 41.8 Å². The van der Waals surface area contributed by atoms with Gasteiger partial charge in [-0.2, -0.15) is 0 Å². The molecule has 3 rings (SSSR count). The van der Waals surface area contributed by atoms with E-state index in [-0.39, 0.29) is 24.2 Å². The molecule has 1 saturated carbocycles. The van der Waals surface area contributed by atoms with Crippen molar-refractivity contribution in [3.63, 3.8) is 0 Å². The molecule has 1 N–H and O–H groups in total. The van der Waals surface area contributed by atoms with E-state index in [1.165, 1.54) is 22.7 Å². The van der Waals surface area contributed by atoms with Crippen LogP contribution in [-0.4, -0.2) is 32.8 Å². The van der Waals surface area contributed by atoms with Gasteiger partial charge in [-0.05, 0) is 54.9 Å². The number of hydrogen-bond acceptors (Lipinski definition) is 4. The van der Waals surface area contributed by atoms with Crippen LogP contribution in [0.3, 0.4) is 0 Å². The second kappa shape index (κ2) is 9.78. The number of nitrogens with one attached hydrogen (secondary N) is 1. The Balaban J connectivity index is 1.94. The Kier molecular flexibility index (Phi) is 7.15. The second-order valence-corrected chi connectivity index (χ2v) is 7.91. The maximum atomic E-state index is 13.3. The topological polar surface area (TPSA) is 58.6 Å². The molecule has 1 unspecified atom stereocenters. The van der Waals surface area contributed by atoms with Gasteiger partial charge in [0.25, 0.3) is 0 Å². The van der Waals surface area contributed by atoms with Crippen LogP contribution in [-0.2, 0) is 9.59 Å². The number of nitrogens with zero attached hydrogens (tertiary/aromatic N) is 1. The number of benzene rings is 1. The van der Waals surface area contributed by atoms with Crippen molar-refractivity contribution >= 4 is 36.7 Å². The van der Waals surface area contributed by atoms with E-state index < -0.39 is 6.04 Å². The Morgan fingerprint density at radius 1 is 1.21 bits per heavy atom. The molecule has 1 aliphatic rings. The number of carbonyl (C=O) groups excluding carboxylic acids is 2. The molecule has 5 nitrogen and oxygen atoms in total. The lowest BCUT2D eigenvalue weighted by Gasteiger charge is -2.32. The summed E-state index contributed by atoms with van der Waals surface area (Å²) in [5.41, 5.74) is 0.619. The summed E-state index contributed by atoms with van der Waals surface area (Å²) in [5, 5.41) is 5.08. The molecule has 1 aromatic carbocycles. The Bertz CT molecular complexity index is 773. The predicted molar refractivity (Wildman–Crippen MR) is 113 cm³/mol. The molecule has 1 fully saturated rings. The van der Waals surface area contributed by atoms with Gasteiger partial charge in [-0.25, -0.2) is 0 Å². The fraction of sp³-hybridized carbons (Fsp3) is 0.429. The van der Waals surface area contributed by atoms with Crippen molar-refractivity contribution < 1.29 is 14.3 Å². The average Bonchev–Trinajstić information content (AvgIpc) is 3.26. The molecule has 7 heteroatoms. The lowest BCUT2D eigenvalue weighted by atomic mass is 9.95. The van der Waals surface area contributed by atoms with Crippen molar-refractivity contribution in [1.29, 1.82) is 0 Å². The minimum Gasteiger partial charge on any atom is -0.497 e. The highest BCUT2D eigenvalue weighted by molar-refractivity contribution is 7.10. The zero-order valence-electron chi connectivity index (χ0n) is 16.1. The number of anilines is 1. The Labute approximate surface area is 171 Å². The van der Waals surface area contributed by atoms with E-state index in [9.17, 15) is 9.59 Å². The van der Waals surface area contributed by atoms with Gasteiger partial charge >= 0.3 is 0 Å². The summed E-state index contributed by atoms with van der Waals surface area (Å²) < 4.78 is 5.21. The van der Waals surface area contributed by atoms with Crippen LogP contribution in [0.4, 0.5) is 5.69 Å². The van der Waals surface area contributed by atoms with Gasteiger partial charge in [-0.1, -0.05) is 25.3 Å². The molecule has 2 radical (unpaired) electrons. The SMILES string of the molecule is [B]CC(=O)N(c1ccc(OC)cc1)C(C(=O)NC1CCCCC1)c1cccs1. The van der Waals surface area contributed by atoms with E-state index >= 15 is 0 Å². The van der Waals surface area contributed by atoms with E-state index in [2.05, 4.69) is 5.32 Å². The number of ether oxygens (including phenoxy) is 1. The molecule has 1 atom stereocenters. The maximum Gasteiger partial charge on any atom is 0.248 e. The molecule has 0 bridgehead atoms. The van der Waals surface area contributed by atoms with Crippen LogP contribution in [0.25, 0.3) is 0 Å². The van der Waals surface area contributed by atoms with E-state index in [1.807, 2.05) is 17.5 Å². The molecule has 1 heterocycles. The highest BCUT2D eigenvalue weighted by Crippen LogP contribution is 2.32. The van der Waals surface area contributed by atoms with Gasteiger partial charge in [0.1, 0.15) is 11.8 Å². The van der Waals surface area contributed by atoms with Crippen LogP contribution in [0.2, 0.25) is 6.32 Å². The van der Waals surface area contributed by atoms with Gasteiger partial charge in [0.15, 0.2) is 0 Å². The number of thiophene rings is 1. The molecular weight excluding hydrogens is 371 g/mol. The van der Waals surface area contributed by atoms with E-state index in [1.54, 1.807) is 31.4 Å². The molecule has 1 aromatic heterocycles. The van der Waals surface area contributed by atoms with Gasteiger partial charge in [0, 0.05) is 16.6 Å². The third-order valence-electron chi connectivity index (χ3n) is 5.06. The number of rotatable bonds is 7. The van der Waals surface area contributed by atoms with E-state index in [0.29, 0.717) is 11.4 Å². The standard InChI is InChI=1S/C21H25BN2O3S/c1-27-17-11-9-16(10-12-17)24(19(25)14-22)20(18-8-5-13-28-18)21(26)23-15-6-3-2-4-7-15/h5,8-13,15,20H,2-4,6-7,14H2,1H3,(H,23,26). The quantitative estimate of drug-likeness (QED) is 0.723. The van der Waals surface area contributed by atoms with Gasteiger partial charge < -0.3 is 10.1 Å². The van der Waals surface area contributed by atoms with Crippen molar-refractivity contribution in [2.75, 3.05) is 12.0 Å².